The molecule has 1 aromatic rings. The Morgan fingerprint density at radius 3 is 2.89 bits per heavy atom. The number of rotatable bonds is 3. The SMILES string of the molecule is CC1CCN(c2ccc([N+](=O)[O-])c(I)c2)CC1CN. The zero-order valence-corrected chi connectivity index (χ0v) is 13.0. The van der Waals surface area contributed by atoms with E-state index in [1.165, 1.54) is 0 Å². The first-order chi connectivity index (χ1) is 9.02. The second-order valence-electron chi connectivity index (χ2n) is 5.10. The van der Waals surface area contributed by atoms with E-state index >= 15 is 0 Å². The maximum atomic E-state index is 10.8. The molecule has 1 aromatic carbocycles. The van der Waals surface area contributed by atoms with Crippen LogP contribution < -0.4 is 10.6 Å². The molecule has 2 atom stereocenters. The molecule has 1 aliphatic rings. The average molecular weight is 375 g/mol. The van der Waals surface area contributed by atoms with Crippen molar-refractivity contribution < 1.29 is 4.92 Å². The maximum absolute atomic E-state index is 10.8. The van der Waals surface area contributed by atoms with Crippen molar-refractivity contribution in [3.05, 3.63) is 31.9 Å². The fraction of sp³-hybridized carbons (Fsp3) is 0.538. The van der Waals surface area contributed by atoms with Crippen molar-refractivity contribution in [1.29, 1.82) is 0 Å². The van der Waals surface area contributed by atoms with Crippen molar-refractivity contribution in [1.82, 2.24) is 0 Å². The number of benzene rings is 1. The van der Waals surface area contributed by atoms with Crippen LogP contribution in [0, 0.1) is 25.5 Å². The van der Waals surface area contributed by atoms with E-state index in [9.17, 15) is 10.1 Å². The molecular formula is C13H18IN3O2. The average Bonchev–Trinajstić information content (AvgIpc) is 2.38. The van der Waals surface area contributed by atoms with Gasteiger partial charge in [0.2, 0.25) is 0 Å². The Bertz CT molecular complexity index is 481. The molecule has 5 nitrogen and oxygen atoms in total. The number of piperidine rings is 1. The third-order valence-electron chi connectivity index (χ3n) is 3.91. The van der Waals surface area contributed by atoms with Gasteiger partial charge in [-0.1, -0.05) is 6.92 Å². The van der Waals surface area contributed by atoms with E-state index in [1.807, 2.05) is 34.7 Å². The first-order valence-corrected chi connectivity index (χ1v) is 7.49. The summed E-state index contributed by atoms with van der Waals surface area (Å²) in [6.45, 7) is 4.87. The van der Waals surface area contributed by atoms with Crippen molar-refractivity contribution in [2.75, 3.05) is 24.5 Å². The number of hydrogen-bond acceptors (Lipinski definition) is 4. The van der Waals surface area contributed by atoms with Crippen molar-refractivity contribution in [2.45, 2.75) is 13.3 Å². The molecule has 2 rings (SSSR count). The van der Waals surface area contributed by atoms with Gasteiger partial charge in [0.1, 0.15) is 0 Å². The minimum atomic E-state index is -0.341. The standard InChI is InChI=1S/C13H18IN3O2/c1-9-4-5-16(8-10(9)7-15)11-2-3-13(17(18)19)12(14)6-11/h2-3,6,9-10H,4-5,7-8,15H2,1H3. The van der Waals surface area contributed by atoms with Crippen molar-refractivity contribution in [3.63, 3.8) is 0 Å². The van der Waals surface area contributed by atoms with Gasteiger partial charge < -0.3 is 10.6 Å². The van der Waals surface area contributed by atoms with Crippen LogP contribution in [-0.4, -0.2) is 24.6 Å². The lowest BCUT2D eigenvalue weighted by molar-refractivity contribution is -0.385. The van der Waals surface area contributed by atoms with E-state index in [1.54, 1.807) is 6.07 Å². The molecule has 0 aromatic heterocycles. The number of nitro benzene ring substituents is 1. The fourth-order valence-corrected chi connectivity index (χ4v) is 3.23. The smallest absolute Gasteiger partial charge is 0.282 e. The third-order valence-corrected chi connectivity index (χ3v) is 4.77. The molecule has 2 N–H and O–H groups in total. The molecule has 1 saturated heterocycles. The first-order valence-electron chi connectivity index (χ1n) is 6.42. The molecule has 0 aliphatic carbocycles. The summed E-state index contributed by atoms with van der Waals surface area (Å²) < 4.78 is 0.683. The largest absolute Gasteiger partial charge is 0.371 e. The van der Waals surface area contributed by atoms with Crippen LogP contribution in [-0.2, 0) is 0 Å². The highest BCUT2D eigenvalue weighted by molar-refractivity contribution is 14.1. The summed E-state index contributed by atoms with van der Waals surface area (Å²) in [7, 11) is 0. The Hall–Kier alpha value is -0.890. The molecule has 6 heteroatoms. The molecule has 0 saturated carbocycles. The van der Waals surface area contributed by atoms with Crippen LogP contribution in [0.1, 0.15) is 13.3 Å². The number of halogens is 1. The van der Waals surface area contributed by atoms with Crippen molar-refractivity contribution in [3.8, 4) is 0 Å². The number of nitrogens with zero attached hydrogens (tertiary/aromatic N) is 2. The summed E-state index contributed by atoms with van der Waals surface area (Å²) in [6, 6.07) is 5.32. The van der Waals surface area contributed by atoms with Crippen LogP contribution in [0.25, 0.3) is 0 Å². The highest BCUT2D eigenvalue weighted by atomic mass is 127. The van der Waals surface area contributed by atoms with E-state index in [4.69, 9.17) is 5.73 Å². The first kappa shape index (κ1) is 14.5. The zero-order chi connectivity index (χ0) is 14.0. The van der Waals surface area contributed by atoms with Crippen LogP contribution in [0.15, 0.2) is 18.2 Å². The summed E-state index contributed by atoms with van der Waals surface area (Å²) in [5, 5.41) is 10.8. The van der Waals surface area contributed by atoms with E-state index in [0.29, 0.717) is 22.0 Å². The predicted octanol–water partition coefficient (Wildman–Crippen LogP) is 2.62. The van der Waals surface area contributed by atoms with Gasteiger partial charge in [0.25, 0.3) is 5.69 Å². The summed E-state index contributed by atoms with van der Waals surface area (Å²) in [5.41, 5.74) is 7.04. The van der Waals surface area contributed by atoms with Crippen LogP contribution in [0.2, 0.25) is 0 Å². The monoisotopic (exact) mass is 375 g/mol. The van der Waals surface area contributed by atoms with Gasteiger partial charge in [-0.3, -0.25) is 10.1 Å². The number of anilines is 1. The lowest BCUT2D eigenvalue weighted by Crippen LogP contribution is -2.42. The van der Waals surface area contributed by atoms with Gasteiger partial charge >= 0.3 is 0 Å². The van der Waals surface area contributed by atoms with Crippen LogP contribution in [0.5, 0.6) is 0 Å². The van der Waals surface area contributed by atoms with Gasteiger partial charge in [0, 0.05) is 24.8 Å². The van der Waals surface area contributed by atoms with E-state index in [0.717, 1.165) is 25.2 Å². The van der Waals surface area contributed by atoms with E-state index in [-0.39, 0.29) is 10.6 Å². The Labute approximate surface area is 126 Å². The number of nitro groups is 1. The minimum Gasteiger partial charge on any atom is -0.371 e. The van der Waals surface area contributed by atoms with Crippen LogP contribution >= 0.6 is 22.6 Å². The van der Waals surface area contributed by atoms with Crippen LogP contribution in [0.3, 0.4) is 0 Å². The topological polar surface area (TPSA) is 72.4 Å². The lowest BCUT2D eigenvalue weighted by Gasteiger charge is -2.38. The zero-order valence-electron chi connectivity index (χ0n) is 10.9. The normalized spacial score (nSPS) is 23.4. The molecule has 1 heterocycles. The summed E-state index contributed by atoms with van der Waals surface area (Å²) in [4.78, 5) is 12.8. The molecule has 2 unspecified atom stereocenters. The molecular weight excluding hydrogens is 357 g/mol. The summed E-state index contributed by atoms with van der Waals surface area (Å²) >= 11 is 2.02. The highest BCUT2D eigenvalue weighted by Gasteiger charge is 2.26. The van der Waals surface area contributed by atoms with Gasteiger partial charge in [-0.15, -0.1) is 0 Å². The second-order valence-corrected chi connectivity index (χ2v) is 6.26. The molecule has 104 valence electrons. The van der Waals surface area contributed by atoms with Crippen molar-refractivity contribution >= 4 is 34.0 Å². The van der Waals surface area contributed by atoms with Gasteiger partial charge in [0.15, 0.2) is 0 Å². The van der Waals surface area contributed by atoms with E-state index in [2.05, 4.69) is 11.8 Å². The Morgan fingerprint density at radius 2 is 2.32 bits per heavy atom. The lowest BCUT2D eigenvalue weighted by atomic mass is 9.87. The van der Waals surface area contributed by atoms with Crippen LogP contribution in [0.4, 0.5) is 11.4 Å². The number of hydrogen-bond donors (Lipinski definition) is 1. The fourth-order valence-electron chi connectivity index (χ4n) is 2.53. The molecule has 19 heavy (non-hydrogen) atoms. The predicted molar refractivity (Wildman–Crippen MR) is 84.4 cm³/mol. The minimum absolute atomic E-state index is 0.171. The second kappa shape index (κ2) is 6.04. The van der Waals surface area contributed by atoms with Crippen molar-refractivity contribution in [2.24, 2.45) is 17.6 Å². The molecule has 0 radical (unpaired) electrons. The highest BCUT2D eigenvalue weighted by Crippen LogP contribution is 2.30. The maximum Gasteiger partial charge on any atom is 0.282 e. The molecule has 0 spiro atoms. The molecule has 0 amide bonds. The Kier molecular flexibility index (Phi) is 4.62. The molecule has 0 bridgehead atoms. The molecule has 1 fully saturated rings. The summed E-state index contributed by atoms with van der Waals surface area (Å²) in [5.74, 6) is 1.15. The summed E-state index contributed by atoms with van der Waals surface area (Å²) in [6.07, 6.45) is 1.12. The third kappa shape index (κ3) is 3.17. The molecule has 1 aliphatic heterocycles. The quantitative estimate of drug-likeness (QED) is 0.501. The van der Waals surface area contributed by atoms with Gasteiger partial charge in [-0.2, -0.15) is 0 Å². The van der Waals surface area contributed by atoms with E-state index < -0.39 is 0 Å². The Morgan fingerprint density at radius 1 is 1.58 bits per heavy atom. The van der Waals surface area contributed by atoms with Gasteiger partial charge in [-0.05, 0) is 59.5 Å². The van der Waals surface area contributed by atoms with Gasteiger partial charge in [0.05, 0.1) is 8.49 Å². The Balaban J connectivity index is 2.18. The van der Waals surface area contributed by atoms with Gasteiger partial charge in [-0.25, -0.2) is 0 Å². The number of nitrogens with two attached hydrogens (primary N) is 1.